The predicted octanol–water partition coefficient (Wildman–Crippen LogP) is 7.46. The van der Waals surface area contributed by atoms with Gasteiger partial charge in [0, 0.05) is 23.3 Å². The Kier molecular flexibility index (Phi) is 4.76. The maximum atomic E-state index is 6.45. The van der Waals surface area contributed by atoms with Gasteiger partial charge in [-0.1, -0.05) is 84.9 Å². The molecule has 0 bridgehead atoms. The fourth-order valence-electron chi connectivity index (χ4n) is 6.73. The van der Waals surface area contributed by atoms with Crippen LogP contribution in [0, 0.1) is 0 Å². The summed E-state index contributed by atoms with van der Waals surface area (Å²) in [5.41, 5.74) is 12.1. The number of para-hydroxylation sites is 3. The van der Waals surface area contributed by atoms with E-state index in [0.29, 0.717) is 0 Å². The van der Waals surface area contributed by atoms with E-state index in [0.717, 1.165) is 34.9 Å². The maximum Gasteiger partial charge on any atom is 0.260 e. The van der Waals surface area contributed by atoms with E-state index in [9.17, 15) is 0 Å². The zero-order valence-electron chi connectivity index (χ0n) is 22.2. The van der Waals surface area contributed by atoms with Gasteiger partial charge in [0.05, 0.1) is 5.69 Å². The van der Waals surface area contributed by atoms with E-state index in [1.165, 1.54) is 50.2 Å². The normalized spacial score (nSPS) is 13.6. The number of benzene rings is 6. The Morgan fingerprint density at radius 1 is 0.488 bits per heavy atom. The van der Waals surface area contributed by atoms with E-state index >= 15 is 0 Å². The number of hydrogen-bond donors (Lipinski definition) is 0. The summed E-state index contributed by atoms with van der Waals surface area (Å²) >= 11 is 0. The highest BCUT2D eigenvalue weighted by molar-refractivity contribution is 6.98. The van der Waals surface area contributed by atoms with Gasteiger partial charge in [-0.2, -0.15) is 0 Å². The third kappa shape index (κ3) is 3.41. The van der Waals surface area contributed by atoms with Gasteiger partial charge in [0.1, 0.15) is 23.0 Å². The first-order valence-corrected chi connectivity index (χ1v) is 14.1. The van der Waals surface area contributed by atoms with E-state index in [2.05, 4.69) is 114 Å². The Labute approximate surface area is 239 Å². The summed E-state index contributed by atoms with van der Waals surface area (Å²) in [7, 11) is 0. The molecule has 0 aliphatic carbocycles. The fourth-order valence-corrected chi connectivity index (χ4v) is 6.73. The summed E-state index contributed by atoms with van der Waals surface area (Å²) in [6.07, 6.45) is 0.922. The molecule has 0 amide bonds. The van der Waals surface area contributed by atoms with E-state index in [-0.39, 0.29) is 6.71 Å². The van der Waals surface area contributed by atoms with Gasteiger partial charge in [0.15, 0.2) is 0 Å². The molecule has 3 heterocycles. The minimum absolute atomic E-state index is 0.0557. The van der Waals surface area contributed by atoms with Crippen LogP contribution in [-0.4, -0.2) is 6.71 Å². The molecule has 0 unspecified atom stereocenters. The van der Waals surface area contributed by atoms with Gasteiger partial charge < -0.3 is 14.4 Å². The van der Waals surface area contributed by atoms with Gasteiger partial charge >= 0.3 is 0 Å². The van der Waals surface area contributed by atoms with Crippen molar-refractivity contribution in [1.29, 1.82) is 0 Å². The molecule has 0 spiro atoms. The van der Waals surface area contributed by atoms with Crippen LogP contribution in [0.5, 0.6) is 23.0 Å². The number of fused-ring (bicyclic) bond motifs is 6. The number of ether oxygens (including phenoxy) is 2. The van der Waals surface area contributed by atoms with Crippen LogP contribution in [-0.2, 0) is 6.42 Å². The van der Waals surface area contributed by atoms with Gasteiger partial charge in [-0.15, -0.1) is 0 Å². The second kappa shape index (κ2) is 8.64. The largest absolute Gasteiger partial charge is 0.458 e. The van der Waals surface area contributed by atoms with Crippen LogP contribution in [0.25, 0.3) is 11.1 Å². The molecule has 6 aromatic carbocycles. The van der Waals surface area contributed by atoms with Crippen LogP contribution in [0.4, 0.5) is 17.1 Å². The molecule has 3 aliphatic rings. The topological polar surface area (TPSA) is 21.7 Å². The average molecular weight is 525 g/mol. The standard InChI is InChI=1S/C37H24BNO2/c1-2-10-28(11-3-1)39-31-13-6-4-9-26(31)21-27-18-17-25(23-32(27)39)24-19-20-34-30(22-24)38-29-12-5-7-14-33(29)40-35-15-8-16-36(41-34)37(35)38/h1-20,22-23H,21H2. The van der Waals surface area contributed by atoms with Crippen LogP contribution in [0.1, 0.15) is 11.1 Å². The number of anilines is 3. The van der Waals surface area contributed by atoms with Gasteiger partial charge in [-0.3, -0.25) is 0 Å². The van der Waals surface area contributed by atoms with Crippen molar-refractivity contribution in [3.8, 4) is 34.1 Å². The summed E-state index contributed by atoms with van der Waals surface area (Å²) in [5, 5.41) is 0. The smallest absolute Gasteiger partial charge is 0.260 e. The van der Waals surface area contributed by atoms with Crippen LogP contribution >= 0.6 is 0 Å². The van der Waals surface area contributed by atoms with E-state index in [1.54, 1.807) is 0 Å². The van der Waals surface area contributed by atoms with E-state index < -0.39 is 0 Å². The van der Waals surface area contributed by atoms with Gasteiger partial charge in [0.25, 0.3) is 6.71 Å². The molecule has 0 fully saturated rings. The molecule has 41 heavy (non-hydrogen) atoms. The van der Waals surface area contributed by atoms with Crippen LogP contribution in [0.15, 0.2) is 133 Å². The number of rotatable bonds is 2. The van der Waals surface area contributed by atoms with Crippen molar-refractivity contribution in [2.24, 2.45) is 0 Å². The van der Waals surface area contributed by atoms with Crippen molar-refractivity contribution >= 4 is 40.2 Å². The Bertz CT molecular complexity index is 1990. The van der Waals surface area contributed by atoms with Crippen molar-refractivity contribution in [2.45, 2.75) is 6.42 Å². The quantitative estimate of drug-likeness (QED) is 0.219. The highest BCUT2D eigenvalue weighted by Crippen LogP contribution is 2.45. The monoisotopic (exact) mass is 525 g/mol. The Balaban J connectivity index is 1.20. The van der Waals surface area contributed by atoms with Gasteiger partial charge in [-0.05, 0) is 81.7 Å². The number of hydrogen-bond acceptors (Lipinski definition) is 3. The first-order valence-electron chi connectivity index (χ1n) is 14.1. The highest BCUT2D eigenvalue weighted by atomic mass is 16.5. The summed E-state index contributed by atoms with van der Waals surface area (Å²) in [4.78, 5) is 2.40. The highest BCUT2D eigenvalue weighted by Gasteiger charge is 2.40. The number of nitrogens with zero attached hydrogens (tertiary/aromatic N) is 1. The third-order valence-electron chi connectivity index (χ3n) is 8.59. The molecule has 192 valence electrons. The summed E-state index contributed by atoms with van der Waals surface area (Å²) < 4.78 is 12.8. The molecule has 0 N–H and O–H groups in total. The molecular formula is C37H24BNO2. The molecule has 0 aromatic heterocycles. The average Bonchev–Trinajstić information content (AvgIpc) is 3.03. The Morgan fingerprint density at radius 2 is 1.15 bits per heavy atom. The fraction of sp³-hybridized carbons (Fsp3) is 0.0270. The Hall–Kier alpha value is -5.22. The van der Waals surface area contributed by atoms with Gasteiger partial charge in [-0.25, -0.2) is 0 Å². The van der Waals surface area contributed by atoms with Crippen molar-refractivity contribution in [3.05, 3.63) is 145 Å². The molecule has 4 heteroatoms. The molecule has 0 atom stereocenters. The first kappa shape index (κ1) is 22.6. The van der Waals surface area contributed by atoms with E-state index in [4.69, 9.17) is 9.47 Å². The SMILES string of the molecule is c1ccc(N2c3ccccc3Cc3ccc(-c4ccc5c(c4)B4c6ccccc6Oc6cccc(c64)O5)cc32)cc1. The van der Waals surface area contributed by atoms with Crippen LogP contribution in [0.3, 0.4) is 0 Å². The molecule has 3 nitrogen and oxygen atoms in total. The zero-order valence-corrected chi connectivity index (χ0v) is 22.2. The second-order valence-electron chi connectivity index (χ2n) is 10.9. The molecule has 0 radical (unpaired) electrons. The molecular weight excluding hydrogens is 501 g/mol. The van der Waals surface area contributed by atoms with Gasteiger partial charge in [0.2, 0.25) is 0 Å². The predicted molar refractivity (Wildman–Crippen MR) is 167 cm³/mol. The summed E-state index contributed by atoms with van der Waals surface area (Å²) in [6.45, 7) is 0.0557. The molecule has 0 saturated heterocycles. The van der Waals surface area contributed by atoms with Crippen molar-refractivity contribution in [1.82, 2.24) is 0 Å². The van der Waals surface area contributed by atoms with Crippen molar-refractivity contribution < 1.29 is 9.47 Å². The van der Waals surface area contributed by atoms with Crippen molar-refractivity contribution in [2.75, 3.05) is 4.90 Å². The zero-order chi connectivity index (χ0) is 26.9. The maximum absolute atomic E-state index is 6.45. The summed E-state index contributed by atoms with van der Waals surface area (Å²) in [5.74, 6) is 3.55. The van der Waals surface area contributed by atoms with Crippen LogP contribution < -0.4 is 30.8 Å². The second-order valence-corrected chi connectivity index (χ2v) is 10.9. The molecule has 9 rings (SSSR count). The van der Waals surface area contributed by atoms with Crippen molar-refractivity contribution in [3.63, 3.8) is 0 Å². The first-order chi connectivity index (χ1) is 20.3. The summed E-state index contributed by atoms with van der Waals surface area (Å²) in [6, 6.07) is 47.4. The molecule has 0 saturated carbocycles. The Morgan fingerprint density at radius 3 is 2.02 bits per heavy atom. The minimum atomic E-state index is 0.0557. The minimum Gasteiger partial charge on any atom is -0.458 e. The lowest BCUT2D eigenvalue weighted by Crippen LogP contribution is -2.57. The molecule has 3 aliphatic heterocycles. The lowest BCUT2D eigenvalue weighted by Gasteiger charge is -2.34. The molecule has 6 aromatic rings. The van der Waals surface area contributed by atoms with E-state index in [1.807, 2.05) is 24.3 Å². The third-order valence-corrected chi connectivity index (χ3v) is 8.59. The lowest BCUT2D eigenvalue weighted by atomic mass is 9.35. The lowest BCUT2D eigenvalue weighted by molar-refractivity contribution is 0.464. The van der Waals surface area contributed by atoms with Crippen LogP contribution in [0.2, 0.25) is 0 Å².